The standard InChI is InChI=1S/C18H22O3Si/c1-13-6-8-14(9-7-13)18(19)16-11-10-15(20-2)12-17(16)21-22(3,4)5/h6-12H,1-5H3. The number of ketones is 1. The third kappa shape index (κ3) is 3.98. The molecule has 2 aromatic carbocycles. The number of hydrogen-bond donors (Lipinski definition) is 0. The summed E-state index contributed by atoms with van der Waals surface area (Å²) in [5.74, 6) is 1.26. The molecule has 0 saturated heterocycles. The normalized spacial score (nSPS) is 11.1. The lowest BCUT2D eigenvalue weighted by Crippen LogP contribution is -2.30. The zero-order valence-corrected chi connectivity index (χ0v) is 14.8. The quantitative estimate of drug-likeness (QED) is 0.604. The van der Waals surface area contributed by atoms with Crippen LogP contribution in [0.1, 0.15) is 21.5 Å². The number of aryl methyl sites for hydroxylation is 1. The molecule has 0 bridgehead atoms. The van der Waals surface area contributed by atoms with Crippen LogP contribution in [0.3, 0.4) is 0 Å². The molecular weight excluding hydrogens is 292 g/mol. The first-order valence-electron chi connectivity index (χ1n) is 7.28. The lowest BCUT2D eigenvalue weighted by atomic mass is 10.0. The molecule has 0 spiro atoms. The van der Waals surface area contributed by atoms with E-state index in [1.807, 2.05) is 31.2 Å². The van der Waals surface area contributed by atoms with Crippen molar-refractivity contribution in [3.8, 4) is 11.5 Å². The van der Waals surface area contributed by atoms with Crippen molar-refractivity contribution in [3.63, 3.8) is 0 Å². The molecule has 0 aromatic heterocycles. The molecule has 0 amide bonds. The van der Waals surface area contributed by atoms with E-state index in [9.17, 15) is 4.79 Å². The molecule has 0 atom stereocenters. The average molecular weight is 314 g/mol. The summed E-state index contributed by atoms with van der Waals surface area (Å²) in [5.41, 5.74) is 2.37. The van der Waals surface area contributed by atoms with Crippen molar-refractivity contribution >= 4 is 14.1 Å². The Kier molecular flexibility index (Phi) is 4.71. The predicted molar refractivity (Wildman–Crippen MR) is 91.6 cm³/mol. The predicted octanol–water partition coefficient (Wildman–Crippen LogP) is 4.45. The van der Waals surface area contributed by atoms with Gasteiger partial charge in [-0.1, -0.05) is 29.8 Å². The van der Waals surface area contributed by atoms with Crippen molar-refractivity contribution in [1.82, 2.24) is 0 Å². The highest BCUT2D eigenvalue weighted by Gasteiger charge is 2.22. The summed E-state index contributed by atoms with van der Waals surface area (Å²) >= 11 is 0. The summed E-state index contributed by atoms with van der Waals surface area (Å²) in [7, 11) is -0.222. The Bertz CT molecular complexity index is 670. The summed E-state index contributed by atoms with van der Waals surface area (Å²) in [5, 5.41) is 0. The molecule has 0 saturated carbocycles. The van der Waals surface area contributed by atoms with Gasteiger partial charge in [0.15, 0.2) is 5.78 Å². The molecule has 0 aliphatic heterocycles. The minimum absolute atomic E-state index is 0.0316. The summed E-state index contributed by atoms with van der Waals surface area (Å²) in [6.45, 7) is 8.27. The molecule has 0 unspecified atom stereocenters. The van der Waals surface area contributed by atoms with Crippen LogP contribution in [0.2, 0.25) is 19.6 Å². The summed E-state index contributed by atoms with van der Waals surface area (Å²) in [6.07, 6.45) is 0. The van der Waals surface area contributed by atoms with Gasteiger partial charge in [-0.25, -0.2) is 0 Å². The second kappa shape index (κ2) is 6.36. The van der Waals surface area contributed by atoms with E-state index in [0.29, 0.717) is 22.6 Å². The summed E-state index contributed by atoms with van der Waals surface area (Å²) < 4.78 is 11.3. The van der Waals surface area contributed by atoms with E-state index < -0.39 is 8.32 Å². The van der Waals surface area contributed by atoms with E-state index in [0.717, 1.165) is 5.56 Å². The molecule has 4 heteroatoms. The Balaban J connectivity index is 2.44. The number of carbonyl (C=O) groups excluding carboxylic acids is 1. The van der Waals surface area contributed by atoms with Crippen LogP contribution >= 0.6 is 0 Å². The van der Waals surface area contributed by atoms with Crippen molar-refractivity contribution in [3.05, 3.63) is 59.2 Å². The van der Waals surface area contributed by atoms with Crippen molar-refractivity contribution < 1.29 is 14.0 Å². The molecule has 116 valence electrons. The van der Waals surface area contributed by atoms with Gasteiger partial charge in [-0.2, -0.15) is 0 Å². The average Bonchev–Trinajstić information content (AvgIpc) is 2.45. The largest absolute Gasteiger partial charge is 0.544 e. The van der Waals surface area contributed by atoms with E-state index in [1.165, 1.54) is 0 Å². The molecule has 22 heavy (non-hydrogen) atoms. The van der Waals surface area contributed by atoms with E-state index in [1.54, 1.807) is 25.3 Å². The van der Waals surface area contributed by atoms with Crippen LogP contribution in [-0.2, 0) is 0 Å². The van der Waals surface area contributed by atoms with Crippen LogP contribution in [0.5, 0.6) is 11.5 Å². The fourth-order valence-corrected chi connectivity index (χ4v) is 2.92. The number of methoxy groups -OCH3 is 1. The number of hydrogen-bond acceptors (Lipinski definition) is 3. The third-order valence-corrected chi connectivity index (χ3v) is 4.00. The Hall–Kier alpha value is -2.07. The molecule has 2 aromatic rings. The van der Waals surface area contributed by atoms with Gasteiger partial charge in [0.1, 0.15) is 11.5 Å². The smallest absolute Gasteiger partial charge is 0.242 e. The summed E-state index contributed by atoms with van der Waals surface area (Å²) in [6, 6.07) is 12.9. The van der Waals surface area contributed by atoms with E-state index >= 15 is 0 Å². The monoisotopic (exact) mass is 314 g/mol. The molecule has 0 fully saturated rings. The van der Waals surface area contributed by atoms with Crippen molar-refractivity contribution in [2.75, 3.05) is 7.11 Å². The Morgan fingerprint density at radius 2 is 1.64 bits per heavy atom. The van der Waals surface area contributed by atoms with Crippen LogP contribution in [0.25, 0.3) is 0 Å². The maximum Gasteiger partial charge on any atom is 0.242 e. The number of benzene rings is 2. The van der Waals surface area contributed by atoms with Gasteiger partial charge >= 0.3 is 0 Å². The minimum Gasteiger partial charge on any atom is -0.544 e. The lowest BCUT2D eigenvalue weighted by Gasteiger charge is -2.22. The van der Waals surface area contributed by atoms with E-state index in [4.69, 9.17) is 9.16 Å². The van der Waals surface area contributed by atoms with Crippen LogP contribution in [0.15, 0.2) is 42.5 Å². The van der Waals surface area contributed by atoms with E-state index in [-0.39, 0.29) is 5.78 Å². The van der Waals surface area contributed by atoms with Crippen LogP contribution < -0.4 is 9.16 Å². The van der Waals surface area contributed by atoms with Gasteiger partial charge in [0.2, 0.25) is 8.32 Å². The van der Waals surface area contributed by atoms with Crippen molar-refractivity contribution in [2.24, 2.45) is 0 Å². The van der Waals surface area contributed by atoms with Gasteiger partial charge in [-0.05, 0) is 38.7 Å². The second-order valence-corrected chi connectivity index (χ2v) is 10.7. The van der Waals surface area contributed by atoms with Crippen molar-refractivity contribution in [2.45, 2.75) is 26.6 Å². The molecular formula is C18H22O3Si. The first kappa shape index (κ1) is 16.3. The van der Waals surface area contributed by atoms with Crippen molar-refractivity contribution in [1.29, 1.82) is 0 Å². The molecule has 2 rings (SSSR count). The summed E-state index contributed by atoms with van der Waals surface area (Å²) in [4.78, 5) is 12.8. The Morgan fingerprint density at radius 3 is 2.18 bits per heavy atom. The van der Waals surface area contributed by atoms with Gasteiger partial charge in [0.25, 0.3) is 0 Å². The third-order valence-electron chi connectivity index (χ3n) is 3.16. The second-order valence-electron chi connectivity index (χ2n) is 6.27. The Morgan fingerprint density at radius 1 is 1.00 bits per heavy atom. The van der Waals surface area contributed by atoms with Gasteiger partial charge in [0, 0.05) is 11.6 Å². The van der Waals surface area contributed by atoms with Crippen LogP contribution in [0.4, 0.5) is 0 Å². The molecule has 0 N–H and O–H groups in total. The topological polar surface area (TPSA) is 35.5 Å². The van der Waals surface area contributed by atoms with Crippen LogP contribution in [0, 0.1) is 6.92 Å². The zero-order valence-electron chi connectivity index (χ0n) is 13.8. The van der Waals surface area contributed by atoms with Gasteiger partial charge < -0.3 is 9.16 Å². The van der Waals surface area contributed by atoms with Gasteiger partial charge in [-0.3, -0.25) is 4.79 Å². The first-order chi connectivity index (χ1) is 10.3. The SMILES string of the molecule is COc1ccc(C(=O)c2ccc(C)cc2)c(O[Si](C)(C)C)c1. The van der Waals surface area contributed by atoms with Crippen LogP contribution in [-0.4, -0.2) is 21.2 Å². The number of ether oxygens (including phenoxy) is 1. The fraction of sp³-hybridized carbons (Fsp3) is 0.278. The fourth-order valence-electron chi connectivity index (χ4n) is 2.09. The lowest BCUT2D eigenvalue weighted by molar-refractivity contribution is 0.103. The van der Waals surface area contributed by atoms with Gasteiger partial charge in [-0.15, -0.1) is 0 Å². The number of carbonyl (C=O) groups is 1. The highest BCUT2D eigenvalue weighted by molar-refractivity contribution is 6.70. The first-order valence-corrected chi connectivity index (χ1v) is 10.7. The molecule has 0 aliphatic carbocycles. The van der Waals surface area contributed by atoms with E-state index in [2.05, 4.69) is 19.6 Å². The number of rotatable bonds is 5. The molecule has 0 radical (unpaired) electrons. The molecule has 0 heterocycles. The van der Waals surface area contributed by atoms with Gasteiger partial charge in [0.05, 0.1) is 12.7 Å². The molecule has 3 nitrogen and oxygen atoms in total. The molecule has 0 aliphatic rings. The maximum absolute atomic E-state index is 12.8. The Labute approximate surface area is 133 Å². The highest BCUT2D eigenvalue weighted by atomic mass is 28.4. The zero-order chi connectivity index (χ0) is 16.3. The minimum atomic E-state index is -1.83. The maximum atomic E-state index is 12.8. The highest BCUT2D eigenvalue weighted by Crippen LogP contribution is 2.29.